The van der Waals surface area contributed by atoms with Gasteiger partial charge in [0.05, 0.1) is 5.56 Å². The standard InChI is InChI=1S/C23H16ClF3N4O/c24-16-5-7-17(8-6-16)31(18-9-10-18)21(32)20-19(29-22-28-11-2-12-30(20)22)14-3-1-4-15(13-14)23(25,26)27/h1-8,11-13,18H,9-10H2. The van der Waals surface area contributed by atoms with Crippen LogP contribution in [0.1, 0.15) is 28.9 Å². The van der Waals surface area contributed by atoms with Gasteiger partial charge >= 0.3 is 6.18 Å². The second-order valence-electron chi connectivity index (χ2n) is 7.56. The van der Waals surface area contributed by atoms with Crippen molar-refractivity contribution in [2.45, 2.75) is 25.1 Å². The highest BCUT2D eigenvalue weighted by atomic mass is 35.5. The first-order valence-corrected chi connectivity index (χ1v) is 10.3. The van der Waals surface area contributed by atoms with Gasteiger partial charge in [-0.2, -0.15) is 13.2 Å². The van der Waals surface area contributed by atoms with Crippen molar-refractivity contribution in [1.82, 2.24) is 14.4 Å². The Morgan fingerprint density at radius 2 is 1.84 bits per heavy atom. The average Bonchev–Trinajstić information content (AvgIpc) is 3.53. The molecule has 0 spiro atoms. The molecule has 4 aromatic rings. The summed E-state index contributed by atoms with van der Waals surface area (Å²) in [5.74, 6) is -0.127. The number of amides is 1. The summed E-state index contributed by atoms with van der Waals surface area (Å²) >= 11 is 6.01. The predicted molar refractivity (Wildman–Crippen MR) is 115 cm³/mol. The lowest BCUT2D eigenvalue weighted by atomic mass is 10.1. The molecule has 32 heavy (non-hydrogen) atoms. The number of carbonyl (C=O) groups excluding carboxylic acids is 1. The summed E-state index contributed by atoms with van der Waals surface area (Å²) in [6.45, 7) is 0. The largest absolute Gasteiger partial charge is 0.416 e. The van der Waals surface area contributed by atoms with Crippen LogP contribution < -0.4 is 4.90 Å². The van der Waals surface area contributed by atoms with E-state index in [1.807, 2.05) is 0 Å². The number of imidazole rings is 1. The topological polar surface area (TPSA) is 50.5 Å². The van der Waals surface area contributed by atoms with Crippen LogP contribution in [0.5, 0.6) is 0 Å². The molecule has 2 aromatic carbocycles. The fraction of sp³-hybridized carbons (Fsp3) is 0.174. The first-order chi connectivity index (χ1) is 15.3. The lowest BCUT2D eigenvalue weighted by Gasteiger charge is -2.23. The molecule has 2 aromatic heterocycles. The monoisotopic (exact) mass is 456 g/mol. The number of hydrogen-bond acceptors (Lipinski definition) is 3. The van der Waals surface area contributed by atoms with Crippen molar-refractivity contribution in [3.8, 4) is 11.3 Å². The van der Waals surface area contributed by atoms with E-state index in [0.29, 0.717) is 10.7 Å². The lowest BCUT2D eigenvalue weighted by molar-refractivity contribution is -0.137. The summed E-state index contributed by atoms with van der Waals surface area (Å²) in [7, 11) is 0. The van der Waals surface area contributed by atoms with Gasteiger partial charge in [0.1, 0.15) is 11.4 Å². The predicted octanol–water partition coefficient (Wildman–Crippen LogP) is 5.88. The van der Waals surface area contributed by atoms with Gasteiger partial charge in [0.15, 0.2) is 0 Å². The molecule has 0 atom stereocenters. The number of nitrogens with zero attached hydrogens (tertiary/aromatic N) is 4. The number of aromatic nitrogens is 3. The maximum atomic E-state index is 13.8. The minimum Gasteiger partial charge on any atom is -0.304 e. The first kappa shape index (κ1) is 20.5. The van der Waals surface area contributed by atoms with E-state index in [1.54, 1.807) is 41.4 Å². The molecule has 9 heteroatoms. The number of rotatable bonds is 4. The van der Waals surface area contributed by atoms with Crippen molar-refractivity contribution in [2.75, 3.05) is 4.90 Å². The van der Waals surface area contributed by atoms with Crippen LogP contribution in [0, 0.1) is 0 Å². The Labute approximate surface area is 186 Å². The van der Waals surface area contributed by atoms with Gasteiger partial charge in [0.2, 0.25) is 5.78 Å². The van der Waals surface area contributed by atoms with Crippen molar-refractivity contribution in [3.05, 3.63) is 83.3 Å². The second-order valence-corrected chi connectivity index (χ2v) is 8.00. The Morgan fingerprint density at radius 1 is 1.09 bits per heavy atom. The molecule has 1 aliphatic rings. The van der Waals surface area contributed by atoms with Gasteiger partial charge in [-0.15, -0.1) is 0 Å². The molecule has 0 aliphatic heterocycles. The minimum absolute atomic E-state index is 0.000237. The Kier molecular flexibility index (Phi) is 4.89. The summed E-state index contributed by atoms with van der Waals surface area (Å²) < 4.78 is 41.5. The number of fused-ring (bicyclic) bond motifs is 1. The van der Waals surface area contributed by atoms with Crippen molar-refractivity contribution < 1.29 is 18.0 Å². The van der Waals surface area contributed by atoms with Gasteiger partial charge in [-0.25, -0.2) is 9.97 Å². The lowest BCUT2D eigenvalue weighted by Crippen LogP contribution is -2.34. The van der Waals surface area contributed by atoms with E-state index in [-0.39, 0.29) is 34.7 Å². The molecule has 1 fully saturated rings. The van der Waals surface area contributed by atoms with Crippen LogP contribution in [0.3, 0.4) is 0 Å². The molecule has 0 saturated heterocycles. The SMILES string of the molecule is O=C(c1c(-c2cccc(C(F)(F)F)c2)nc2ncccn12)N(c1ccc(Cl)cc1)C1CC1. The van der Waals surface area contributed by atoms with Crippen molar-refractivity contribution >= 4 is 29.0 Å². The van der Waals surface area contributed by atoms with Crippen molar-refractivity contribution in [3.63, 3.8) is 0 Å². The van der Waals surface area contributed by atoms with E-state index >= 15 is 0 Å². The smallest absolute Gasteiger partial charge is 0.304 e. The third-order valence-electron chi connectivity index (χ3n) is 5.31. The maximum absolute atomic E-state index is 13.8. The second kappa shape index (κ2) is 7.63. The van der Waals surface area contributed by atoms with Gasteiger partial charge in [-0.3, -0.25) is 9.20 Å². The molecule has 1 aliphatic carbocycles. The van der Waals surface area contributed by atoms with E-state index in [2.05, 4.69) is 9.97 Å². The van der Waals surface area contributed by atoms with Gasteiger partial charge in [0, 0.05) is 34.7 Å². The first-order valence-electron chi connectivity index (χ1n) is 9.93. The third kappa shape index (κ3) is 3.71. The van der Waals surface area contributed by atoms with E-state index < -0.39 is 11.7 Å². The Bertz CT molecular complexity index is 1310. The van der Waals surface area contributed by atoms with Crippen molar-refractivity contribution in [1.29, 1.82) is 0 Å². The summed E-state index contributed by atoms with van der Waals surface area (Å²) in [5.41, 5.74) is 0.361. The van der Waals surface area contributed by atoms with Crippen LogP contribution in [-0.2, 0) is 6.18 Å². The van der Waals surface area contributed by atoms with Gasteiger partial charge in [0.25, 0.3) is 5.91 Å². The number of halogens is 4. The normalized spacial score (nSPS) is 14.0. The van der Waals surface area contributed by atoms with Gasteiger partial charge in [-0.05, 0) is 55.3 Å². The highest BCUT2D eigenvalue weighted by molar-refractivity contribution is 6.30. The molecule has 0 N–H and O–H groups in total. The quantitative estimate of drug-likeness (QED) is 0.385. The summed E-state index contributed by atoms with van der Waals surface area (Å²) in [6, 6.07) is 13.4. The minimum atomic E-state index is -4.51. The van der Waals surface area contributed by atoms with Crippen LogP contribution in [-0.4, -0.2) is 26.3 Å². The number of carbonyl (C=O) groups is 1. The van der Waals surface area contributed by atoms with Crippen LogP contribution in [0.4, 0.5) is 18.9 Å². The van der Waals surface area contributed by atoms with Crippen LogP contribution in [0.15, 0.2) is 67.0 Å². The molecular formula is C23H16ClF3N4O. The Balaban J connectivity index is 1.68. The maximum Gasteiger partial charge on any atom is 0.416 e. The zero-order chi connectivity index (χ0) is 22.5. The van der Waals surface area contributed by atoms with E-state index in [0.717, 1.165) is 25.0 Å². The Morgan fingerprint density at radius 3 is 2.53 bits per heavy atom. The molecule has 5 nitrogen and oxygen atoms in total. The fourth-order valence-corrected chi connectivity index (χ4v) is 3.80. The molecular weight excluding hydrogens is 441 g/mol. The van der Waals surface area contributed by atoms with E-state index in [1.165, 1.54) is 22.7 Å². The molecule has 1 saturated carbocycles. The van der Waals surface area contributed by atoms with Crippen LogP contribution in [0.2, 0.25) is 5.02 Å². The van der Waals surface area contributed by atoms with Crippen molar-refractivity contribution in [2.24, 2.45) is 0 Å². The molecule has 5 rings (SSSR count). The van der Waals surface area contributed by atoms with Crippen LogP contribution >= 0.6 is 11.6 Å². The number of anilines is 1. The summed E-state index contributed by atoms with van der Waals surface area (Å²) in [5, 5.41) is 0.542. The fourth-order valence-electron chi connectivity index (χ4n) is 3.68. The number of benzene rings is 2. The zero-order valence-corrected chi connectivity index (χ0v) is 17.3. The average molecular weight is 457 g/mol. The summed E-state index contributed by atoms with van der Waals surface area (Å²) in [4.78, 5) is 24.1. The van der Waals surface area contributed by atoms with Crippen LogP contribution in [0.25, 0.3) is 17.0 Å². The van der Waals surface area contributed by atoms with E-state index in [9.17, 15) is 18.0 Å². The number of hydrogen-bond donors (Lipinski definition) is 0. The molecule has 0 radical (unpaired) electrons. The Hall–Kier alpha value is -3.39. The highest BCUT2D eigenvalue weighted by Crippen LogP contribution is 2.37. The van der Waals surface area contributed by atoms with Gasteiger partial charge < -0.3 is 4.90 Å². The number of alkyl halides is 3. The molecule has 1 amide bonds. The zero-order valence-electron chi connectivity index (χ0n) is 16.6. The van der Waals surface area contributed by atoms with E-state index in [4.69, 9.17) is 11.6 Å². The highest BCUT2D eigenvalue weighted by Gasteiger charge is 2.37. The molecule has 0 bridgehead atoms. The molecule has 0 unspecified atom stereocenters. The molecule has 162 valence electrons. The van der Waals surface area contributed by atoms with Gasteiger partial charge in [-0.1, -0.05) is 23.7 Å². The summed E-state index contributed by atoms with van der Waals surface area (Å²) in [6.07, 6.45) is 0.308. The third-order valence-corrected chi connectivity index (χ3v) is 5.56. The molecule has 2 heterocycles.